The van der Waals surface area contributed by atoms with Gasteiger partial charge in [-0.25, -0.2) is 5.84 Å². The van der Waals surface area contributed by atoms with Gasteiger partial charge in [0.15, 0.2) is 0 Å². The second kappa shape index (κ2) is 5.37. The molecular weight excluding hydrogens is 176 g/mol. The molecular formula is C11H22N2O. The minimum Gasteiger partial charge on any atom is -0.357 e. The molecule has 1 aliphatic rings. The highest BCUT2D eigenvalue weighted by molar-refractivity contribution is 4.93. The van der Waals surface area contributed by atoms with E-state index in [-0.39, 0.29) is 6.23 Å². The molecule has 0 saturated carbocycles. The van der Waals surface area contributed by atoms with Crippen molar-refractivity contribution in [3.63, 3.8) is 0 Å². The molecule has 0 spiro atoms. The Morgan fingerprint density at radius 1 is 1.57 bits per heavy atom. The molecule has 1 aliphatic heterocycles. The van der Waals surface area contributed by atoms with E-state index in [0.29, 0.717) is 5.92 Å². The van der Waals surface area contributed by atoms with Crippen LogP contribution in [0.2, 0.25) is 0 Å². The van der Waals surface area contributed by atoms with Crippen LogP contribution in [0, 0.1) is 5.92 Å². The maximum Gasteiger partial charge on any atom is 0.143 e. The molecule has 1 atom stereocenters. The van der Waals surface area contributed by atoms with Crippen LogP contribution in [-0.4, -0.2) is 17.8 Å². The van der Waals surface area contributed by atoms with Gasteiger partial charge in [-0.2, -0.15) is 0 Å². The first kappa shape index (κ1) is 11.5. The first-order chi connectivity index (χ1) is 6.61. The Balaban J connectivity index is 2.38. The Morgan fingerprint density at radius 3 is 2.79 bits per heavy atom. The molecule has 3 heteroatoms. The molecule has 0 aromatic rings. The number of nitrogens with zero attached hydrogens (tertiary/aromatic N) is 1. The topological polar surface area (TPSA) is 38.5 Å². The van der Waals surface area contributed by atoms with E-state index in [4.69, 9.17) is 10.6 Å². The number of hydrogen-bond donors (Lipinski definition) is 1. The minimum atomic E-state index is 0.0509. The number of hydrazine groups is 1. The van der Waals surface area contributed by atoms with Crippen LogP contribution in [0.1, 0.15) is 39.5 Å². The Morgan fingerprint density at radius 2 is 2.29 bits per heavy atom. The van der Waals surface area contributed by atoms with E-state index in [1.165, 1.54) is 6.42 Å². The fraction of sp³-hybridized carbons (Fsp3) is 0.818. The van der Waals surface area contributed by atoms with Gasteiger partial charge < -0.3 is 4.74 Å². The lowest BCUT2D eigenvalue weighted by molar-refractivity contribution is -0.0734. The van der Waals surface area contributed by atoms with Gasteiger partial charge in [-0.3, -0.25) is 5.01 Å². The van der Waals surface area contributed by atoms with Crippen LogP contribution in [0.3, 0.4) is 0 Å². The summed E-state index contributed by atoms with van der Waals surface area (Å²) < 4.78 is 5.58. The molecule has 0 aromatic carbocycles. The van der Waals surface area contributed by atoms with Gasteiger partial charge in [0.25, 0.3) is 0 Å². The maximum absolute atomic E-state index is 5.95. The quantitative estimate of drug-likeness (QED) is 0.556. The lowest BCUT2D eigenvalue weighted by atomic mass is 10.1. The molecule has 3 nitrogen and oxygen atoms in total. The maximum atomic E-state index is 5.95. The van der Waals surface area contributed by atoms with Crippen LogP contribution < -0.4 is 5.84 Å². The van der Waals surface area contributed by atoms with Crippen molar-refractivity contribution in [1.29, 1.82) is 0 Å². The van der Waals surface area contributed by atoms with Crippen LogP contribution in [-0.2, 0) is 4.74 Å². The average molecular weight is 198 g/mol. The summed E-state index contributed by atoms with van der Waals surface area (Å²) in [4.78, 5) is 0. The highest BCUT2D eigenvalue weighted by atomic mass is 16.5. The van der Waals surface area contributed by atoms with E-state index in [1.807, 2.05) is 0 Å². The number of nitrogens with two attached hydrogens (primary N) is 1. The highest BCUT2D eigenvalue weighted by Gasteiger charge is 2.20. The summed E-state index contributed by atoms with van der Waals surface area (Å²) in [6, 6.07) is 0. The fourth-order valence-corrected chi connectivity index (χ4v) is 1.72. The standard InChI is InChI=1S/C11H22N2O/c1-9(2)8-10(3)13(12)11-6-4-5-7-14-11/h9,11H,3-8,12H2,1-2H3. The van der Waals surface area contributed by atoms with Gasteiger partial charge >= 0.3 is 0 Å². The van der Waals surface area contributed by atoms with Crippen molar-refractivity contribution < 1.29 is 4.74 Å². The zero-order valence-corrected chi connectivity index (χ0v) is 9.33. The average Bonchev–Trinajstić information content (AvgIpc) is 2.17. The first-order valence-corrected chi connectivity index (χ1v) is 5.44. The van der Waals surface area contributed by atoms with Crippen LogP contribution in [0.15, 0.2) is 12.3 Å². The third-order valence-corrected chi connectivity index (χ3v) is 2.47. The van der Waals surface area contributed by atoms with Crippen LogP contribution in [0.25, 0.3) is 0 Å². The summed E-state index contributed by atoms with van der Waals surface area (Å²) in [6.45, 7) is 9.15. The summed E-state index contributed by atoms with van der Waals surface area (Å²) in [5, 5.41) is 1.71. The van der Waals surface area contributed by atoms with Crippen molar-refractivity contribution in [3.8, 4) is 0 Å². The molecule has 0 radical (unpaired) electrons. The van der Waals surface area contributed by atoms with E-state index in [0.717, 1.165) is 31.6 Å². The van der Waals surface area contributed by atoms with Crippen molar-refractivity contribution in [2.45, 2.75) is 45.8 Å². The van der Waals surface area contributed by atoms with Crippen molar-refractivity contribution in [1.82, 2.24) is 5.01 Å². The molecule has 0 amide bonds. The molecule has 14 heavy (non-hydrogen) atoms. The molecule has 0 aromatic heterocycles. The number of hydrogen-bond acceptors (Lipinski definition) is 3. The van der Waals surface area contributed by atoms with Gasteiger partial charge in [0.05, 0.1) is 0 Å². The Labute approximate surface area is 86.9 Å². The Hall–Kier alpha value is -0.540. The van der Waals surface area contributed by atoms with Crippen molar-refractivity contribution in [3.05, 3.63) is 12.3 Å². The number of ether oxygens (including phenoxy) is 1. The summed E-state index contributed by atoms with van der Waals surface area (Å²) in [5.41, 5.74) is 0.979. The van der Waals surface area contributed by atoms with E-state index >= 15 is 0 Å². The predicted molar refractivity (Wildman–Crippen MR) is 58.2 cm³/mol. The normalized spacial score (nSPS) is 22.4. The number of rotatable bonds is 4. The summed E-state index contributed by atoms with van der Waals surface area (Å²) in [5.74, 6) is 6.54. The van der Waals surface area contributed by atoms with E-state index in [2.05, 4.69) is 20.4 Å². The van der Waals surface area contributed by atoms with Gasteiger partial charge in [-0.1, -0.05) is 20.4 Å². The molecule has 2 N–H and O–H groups in total. The molecule has 1 unspecified atom stereocenters. The van der Waals surface area contributed by atoms with Gasteiger partial charge in [-0.15, -0.1) is 0 Å². The molecule has 1 rings (SSSR count). The first-order valence-electron chi connectivity index (χ1n) is 5.44. The van der Waals surface area contributed by atoms with E-state index in [9.17, 15) is 0 Å². The Kier molecular flexibility index (Phi) is 4.42. The predicted octanol–water partition coefficient (Wildman–Crippen LogP) is 2.25. The van der Waals surface area contributed by atoms with E-state index < -0.39 is 0 Å². The number of allylic oxidation sites excluding steroid dienone is 1. The van der Waals surface area contributed by atoms with Crippen LogP contribution in [0.4, 0.5) is 0 Å². The largest absolute Gasteiger partial charge is 0.357 e. The third kappa shape index (κ3) is 3.31. The second-order valence-electron chi connectivity index (χ2n) is 4.39. The Bertz CT molecular complexity index is 186. The molecule has 1 heterocycles. The van der Waals surface area contributed by atoms with Gasteiger partial charge in [0.1, 0.15) is 6.23 Å². The third-order valence-electron chi connectivity index (χ3n) is 2.47. The second-order valence-corrected chi connectivity index (χ2v) is 4.39. The van der Waals surface area contributed by atoms with Crippen LogP contribution >= 0.6 is 0 Å². The van der Waals surface area contributed by atoms with Gasteiger partial charge in [0.2, 0.25) is 0 Å². The van der Waals surface area contributed by atoms with Crippen molar-refractivity contribution >= 4 is 0 Å². The molecule has 1 saturated heterocycles. The minimum absolute atomic E-state index is 0.0509. The van der Waals surface area contributed by atoms with Gasteiger partial charge in [0, 0.05) is 12.3 Å². The smallest absolute Gasteiger partial charge is 0.143 e. The lowest BCUT2D eigenvalue weighted by Gasteiger charge is -2.33. The van der Waals surface area contributed by atoms with Crippen molar-refractivity contribution in [2.24, 2.45) is 11.8 Å². The summed E-state index contributed by atoms with van der Waals surface area (Å²) >= 11 is 0. The summed E-state index contributed by atoms with van der Waals surface area (Å²) in [7, 11) is 0. The van der Waals surface area contributed by atoms with Crippen molar-refractivity contribution in [2.75, 3.05) is 6.61 Å². The lowest BCUT2D eigenvalue weighted by Crippen LogP contribution is -2.43. The van der Waals surface area contributed by atoms with Gasteiger partial charge in [-0.05, 0) is 31.6 Å². The molecule has 0 aliphatic carbocycles. The highest BCUT2D eigenvalue weighted by Crippen LogP contribution is 2.20. The van der Waals surface area contributed by atoms with Crippen LogP contribution in [0.5, 0.6) is 0 Å². The fourth-order valence-electron chi connectivity index (χ4n) is 1.72. The molecule has 1 fully saturated rings. The monoisotopic (exact) mass is 198 g/mol. The zero-order chi connectivity index (χ0) is 10.6. The van der Waals surface area contributed by atoms with E-state index in [1.54, 1.807) is 5.01 Å². The SMILES string of the molecule is C=C(CC(C)C)N(N)C1CCCCO1. The molecule has 0 bridgehead atoms. The zero-order valence-electron chi connectivity index (χ0n) is 9.33. The molecule has 82 valence electrons. The summed E-state index contributed by atoms with van der Waals surface area (Å²) in [6.07, 6.45) is 4.37.